The lowest BCUT2D eigenvalue weighted by Gasteiger charge is -2.02. The first-order chi connectivity index (χ1) is 14.5. The van der Waals surface area contributed by atoms with E-state index >= 15 is 0 Å². The van der Waals surface area contributed by atoms with Crippen molar-refractivity contribution in [3.8, 4) is 12.3 Å². The lowest BCUT2D eigenvalue weighted by Crippen LogP contribution is -2.17. The van der Waals surface area contributed by atoms with Crippen LogP contribution in [-0.2, 0) is 11.3 Å². The smallest absolute Gasteiger partial charge is 0.337 e. The zero-order chi connectivity index (χ0) is 21.3. The summed E-state index contributed by atoms with van der Waals surface area (Å²) in [5.41, 5.74) is 1.07. The molecule has 0 fully saturated rings. The number of terminal acetylenes is 1. The Morgan fingerprint density at radius 2 is 2.03 bits per heavy atom. The first kappa shape index (κ1) is 19.4. The predicted octanol–water partition coefficient (Wildman–Crippen LogP) is 2.97. The van der Waals surface area contributed by atoms with E-state index in [1.165, 1.54) is 18.4 Å². The summed E-state index contributed by atoms with van der Waals surface area (Å²) in [7, 11) is 1.30. The highest BCUT2D eigenvalue weighted by Crippen LogP contribution is 2.20. The van der Waals surface area contributed by atoms with Crippen LogP contribution in [0.15, 0.2) is 62.7 Å². The molecule has 0 saturated heterocycles. The first-order valence-electron chi connectivity index (χ1n) is 8.79. The van der Waals surface area contributed by atoms with E-state index in [1.54, 1.807) is 47.0 Å². The fourth-order valence-electron chi connectivity index (χ4n) is 3.00. The Morgan fingerprint density at radius 1 is 1.23 bits per heavy atom. The summed E-state index contributed by atoms with van der Waals surface area (Å²) in [6.07, 6.45) is 5.48. The molecule has 0 saturated carbocycles. The van der Waals surface area contributed by atoms with Crippen molar-refractivity contribution in [2.45, 2.75) is 6.54 Å². The third-order valence-electron chi connectivity index (χ3n) is 4.40. The number of methoxy groups -OCH3 is 1. The Kier molecular flexibility index (Phi) is 5.04. The second-order valence-corrected chi connectivity index (χ2v) is 7.25. The maximum absolute atomic E-state index is 12.7. The molecule has 0 unspecified atom stereocenters. The van der Waals surface area contributed by atoms with Gasteiger partial charge < -0.3 is 13.7 Å². The lowest BCUT2D eigenvalue weighted by molar-refractivity contribution is 0.0601. The Labute approximate surface area is 173 Å². The molecule has 0 aliphatic carbocycles. The summed E-state index contributed by atoms with van der Waals surface area (Å²) >= 11 is 1.19. The minimum Gasteiger partial charge on any atom is -0.465 e. The molecule has 0 spiro atoms. The van der Waals surface area contributed by atoms with E-state index in [2.05, 4.69) is 10.9 Å². The molecule has 1 amide bonds. The van der Waals surface area contributed by atoms with E-state index < -0.39 is 11.9 Å². The summed E-state index contributed by atoms with van der Waals surface area (Å²) in [4.78, 5) is 41.3. The Morgan fingerprint density at radius 3 is 2.80 bits per heavy atom. The summed E-state index contributed by atoms with van der Waals surface area (Å²) in [6, 6.07) is 12.8. The fraction of sp³-hybridized carbons (Fsp3) is 0.0909. The SMILES string of the molecule is C#CCn1c(=NC(=O)c2cc(=O)c3ccccc3o2)sc2cc(C(=O)OC)ccc21. The summed E-state index contributed by atoms with van der Waals surface area (Å²) in [5, 5.41) is 0.383. The van der Waals surface area contributed by atoms with Crippen LogP contribution < -0.4 is 10.2 Å². The number of ether oxygens (including phenoxy) is 1. The molecule has 2 aromatic carbocycles. The highest BCUT2D eigenvalue weighted by atomic mass is 32.1. The monoisotopic (exact) mass is 418 g/mol. The molecule has 0 radical (unpaired) electrons. The minimum absolute atomic E-state index is 0.168. The van der Waals surface area contributed by atoms with Crippen molar-refractivity contribution >= 4 is 44.4 Å². The molecule has 148 valence electrons. The van der Waals surface area contributed by atoms with Crippen molar-refractivity contribution < 1.29 is 18.7 Å². The van der Waals surface area contributed by atoms with E-state index in [4.69, 9.17) is 15.6 Å². The van der Waals surface area contributed by atoms with Crippen LogP contribution in [0.3, 0.4) is 0 Å². The van der Waals surface area contributed by atoms with Crippen LogP contribution in [0.2, 0.25) is 0 Å². The first-order valence-corrected chi connectivity index (χ1v) is 9.60. The molecule has 0 aliphatic heterocycles. The number of fused-ring (bicyclic) bond motifs is 2. The van der Waals surface area contributed by atoms with Gasteiger partial charge in [0, 0.05) is 6.07 Å². The Balaban J connectivity index is 1.86. The van der Waals surface area contributed by atoms with Gasteiger partial charge in [-0.15, -0.1) is 6.42 Å². The number of thiazole rings is 1. The number of esters is 1. The lowest BCUT2D eigenvalue weighted by atomic mass is 10.2. The van der Waals surface area contributed by atoms with Crippen molar-refractivity contribution in [1.82, 2.24) is 4.57 Å². The molecule has 7 nitrogen and oxygen atoms in total. The van der Waals surface area contributed by atoms with Gasteiger partial charge in [0.25, 0.3) is 0 Å². The average molecular weight is 418 g/mol. The van der Waals surface area contributed by atoms with Gasteiger partial charge in [0.05, 0.1) is 34.8 Å². The quantitative estimate of drug-likeness (QED) is 0.377. The zero-order valence-corrected chi connectivity index (χ0v) is 16.6. The van der Waals surface area contributed by atoms with Crippen LogP contribution >= 0.6 is 11.3 Å². The van der Waals surface area contributed by atoms with Crippen LogP contribution in [0.25, 0.3) is 21.2 Å². The zero-order valence-electron chi connectivity index (χ0n) is 15.7. The average Bonchev–Trinajstić information content (AvgIpc) is 3.09. The number of para-hydroxylation sites is 1. The molecule has 4 aromatic rings. The molecule has 2 heterocycles. The third kappa shape index (κ3) is 3.43. The topological polar surface area (TPSA) is 90.9 Å². The summed E-state index contributed by atoms with van der Waals surface area (Å²) in [6.45, 7) is 0.172. The van der Waals surface area contributed by atoms with E-state index in [9.17, 15) is 14.4 Å². The highest BCUT2D eigenvalue weighted by Gasteiger charge is 2.14. The van der Waals surface area contributed by atoms with Gasteiger partial charge in [0.1, 0.15) is 5.58 Å². The number of amides is 1. The summed E-state index contributed by atoms with van der Waals surface area (Å²) < 4.78 is 12.7. The number of carbonyl (C=O) groups excluding carboxylic acids is 2. The van der Waals surface area contributed by atoms with Gasteiger partial charge in [-0.2, -0.15) is 4.99 Å². The van der Waals surface area contributed by atoms with Crippen LogP contribution in [0.1, 0.15) is 20.9 Å². The van der Waals surface area contributed by atoms with E-state index in [1.807, 2.05) is 0 Å². The minimum atomic E-state index is -0.705. The number of hydrogen-bond donors (Lipinski definition) is 0. The molecular weight excluding hydrogens is 404 g/mol. The molecule has 0 aliphatic rings. The molecule has 30 heavy (non-hydrogen) atoms. The highest BCUT2D eigenvalue weighted by molar-refractivity contribution is 7.16. The van der Waals surface area contributed by atoms with Crippen molar-refractivity contribution in [2.75, 3.05) is 7.11 Å². The van der Waals surface area contributed by atoms with Gasteiger partial charge in [-0.05, 0) is 30.3 Å². The molecule has 8 heteroatoms. The number of benzene rings is 2. The van der Waals surface area contributed by atoms with Crippen molar-refractivity contribution in [3.63, 3.8) is 0 Å². The third-order valence-corrected chi connectivity index (χ3v) is 5.44. The van der Waals surface area contributed by atoms with Gasteiger partial charge in [0.2, 0.25) is 0 Å². The van der Waals surface area contributed by atoms with Gasteiger partial charge in [-0.3, -0.25) is 9.59 Å². The number of nitrogens with zero attached hydrogens (tertiary/aromatic N) is 2. The van der Waals surface area contributed by atoms with Crippen LogP contribution in [0.4, 0.5) is 0 Å². The number of aromatic nitrogens is 1. The fourth-order valence-corrected chi connectivity index (χ4v) is 4.07. The number of hydrogen-bond acceptors (Lipinski definition) is 6. The van der Waals surface area contributed by atoms with Crippen molar-refractivity contribution in [3.05, 3.63) is 74.9 Å². The molecule has 2 aromatic heterocycles. The normalized spacial score (nSPS) is 11.5. The molecule has 4 rings (SSSR count). The number of rotatable bonds is 3. The van der Waals surface area contributed by atoms with Gasteiger partial charge in [0.15, 0.2) is 16.0 Å². The van der Waals surface area contributed by atoms with Gasteiger partial charge >= 0.3 is 11.9 Å². The second-order valence-electron chi connectivity index (χ2n) is 6.24. The Hall–Kier alpha value is -3.96. The molecule has 0 N–H and O–H groups in total. The maximum atomic E-state index is 12.7. The van der Waals surface area contributed by atoms with Crippen molar-refractivity contribution in [2.24, 2.45) is 4.99 Å². The Bertz CT molecular complexity index is 1480. The van der Waals surface area contributed by atoms with Gasteiger partial charge in [-0.1, -0.05) is 29.4 Å². The van der Waals surface area contributed by atoms with Gasteiger partial charge in [-0.25, -0.2) is 4.79 Å². The predicted molar refractivity (Wildman–Crippen MR) is 112 cm³/mol. The van der Waals surface area contributed by atoms with E-state index in [-0.39, 0.29) is 17.7 Å². The summed E-state index contributed by atoms with van der Waals surface area (Å²) in [5.74, 6) is 1.19. The molecule has 0 atom stereocenters. The van der Waals surface area contributed by atoms with Crippen molar-refractivity contribution in [1.29, 1.82) is 0 Å². The maximum Gasteiger partial charge on any atom is 0.337 e. The van der Waals surface area contributed by atoms with Crippen LogP contribution in [-0.4, -0.2) is 23.6 Å². The largest absolute Gasteiger partial charge is 0.465 e. The standard InChI is InChI=1S/C22H14N2O5S/c1-3-10-24-15-9-8-13(21(27)28-2)11-19(15)30-22(24)23-20(26)18-12-16(25)14-6-4-5-7-17(14)29-18/h1,4-9,11-12H,10H2,2H3. The van der Waals surface area contributed by atoms with E-state index in [0.29, 0.717) is 26.0 Å². The van der Waals surface area contributed by atoms with Crippen LogP contribution in [0, 0.1) is 12.3 Å². The van der Waals surface area contributed by atoms with Crippen LogP contribution in [0.5, 0.6) is 0 Å². The molecule has 0 bridgehead atoms. The van der Waals surface area contributed by atoms with E-state index in [0.717, 1.165) is 11.6 Å². The molecular formula is C22H14N2O5S. The second kappa shape index (κ2) is 7.81. The number of carbonyl (C=O) groups is 2.